The van der Waals surface area contributed by atoms with Gasteiger partial charge in [-0.25, -0.2) is 0 Å². The van der Waals surface area contributed by atoms with Gasteiger partial charge in [-0.2, -0.15) is 0 Å². The van der Waals surface area contributed by atoms with Crippen LogP contribution in [0, 0.1) is 0 Å². The van der Waals surface area contributed by atoms with Gasteiger partial charge in [-0.05, 0) is 37.5 Å². The first kappa shape index (κ1) is 16.3. The van der Waals surface area contributed by atoms with Gasteiger partial charge in [-0.1, -0.05) is 6.07 Å². The molecule has 0 amide bonds. The predicted molar refractivity (Wildman–Crippen MR) is 77.1 cm³/mol. The zero-order valence-electron chi connectivity index (χ0n) is 12.3. The number of rotatable bonds is 8. The zero-order chi connectivity index (χ0) is 15.0. The Balaban J connectivity index is 2.53. The van der Waals surface area contributed by atoms with Gasteiger partial charge in [-0.15, -0.1) is 0 Å². The smallest absolute Gasteiger partial charge is 0.305 e. The lowest BCUT2D eigenvalue weighted by Gasteiger charge is -2.13. The molecule has 0 heterocycles. The Hall–Kier alpha value is -1.75. The molecule has 0 aromatic heterocycles. The molecule has 0 aliphatic heterocycles. The van der Waals surface area contributed by atoms with E-state index in [1.165, 1.54) is 0 Å². The molecule has 0 spiro atoms. The standard InChI is InChI=1S/C15H23NO4/c1-4-20-15(17)8-6-12(16)9-11-5-7-13(18-2)14(10-11)19-3/h5,7,10,12H,4,6,8-9,16H2,1-3H3. The summed E-state index contributed by atoms with van der Waals surface area (Å²) in [5.41, 5.74) is 7.09. The van der Waals surface area contributed by atoms with E-state index < -0.39 is 0 Å². The Labute approximate surface area is 120 Å². The topological polar surface area (TPSA) is 70.8 Å². The van der Waals surface area contributed by atoms with Gasteiger partial charge in [0.2, 0.25) is 0 Å². The molecule has 20 heavy (non-hydrogen) atoms. The maximum atomic E-state index is 11.3. The lowest BCUT2D eigenvalue weighted by molar-refractivity contribution is -0.143. The molecule has 0 aliphatic rings. The minimum Gasteiger partial charge on any atom is -0.493 e. The van der Waals surface area contributed by atoms with Crippen molar-refractivity contribution >= 4 is 5.97 Å². The number of hydrogen-bond acceptors (Lipinski definition) is 5. The van der Waals surface area contributed by atoms with Gasteiger partial charge < -0.3 is 19.9 Å². The highest BCUT2D eigenvalue weighted by atomic mass is 16.5. The van der Waals surface area contributed by atoms with E-state index in [1.807, 2.05) is 18.2 Å². The van der Waals surface area contributed by atoms with Gasteiger partial charge in [0.05, 0.1) is 20.8 Å². The first-order valence-corrected chi connectivity index (χ1v) is 6.72. The van der Waals surface area contributed by atoms with Crippen molar-refractivity contribution in [2.75, 3.05) is 20.8 Å². The van der Waals surface area contributed by atoms with Gasteiger partial charge in [0, 0.05) is 12.5 Å². The van der Waals surface area contributed by atoms with E-state index >= 15 is 0 Å². The Morgan fingerprint density at radius 1 is 1.25 bits per heavy atom. The molecule has 0 aliphatic carbocycles. The summed E-state index contributed by atoms with van der Waals surface area (Å²) in [7, 11) is 3.20. The van der Waals surface area contributed by atoms with Crippen molar-refractivity contribution in [2.24, 2.45) is 5.73 Å². The van der Waals surface area contributed by atoms with Crippen LogP contribution in [0.3, 0.4) is 0 Å². The summed E-state index contributed by atoms with van der Waals surface area (Å²) in [6.45, 7) is 2.20. The third kappa shape index (κ3) is 5.09. The second-order valence-corrected chi connectivity index (χ2v) is 4.50. The van der Waals surface area contributed by atoms with E-state index in [0.29, 0.717) is 37.4 Å². The van der Waals surface area contributed by atoms with E-state index in [1.54, 1.807) is 21.1 Å². The lowest BCUT2D eigenvalue weighted by Crippen LogP contribution is -2.24. The fraction of sp³-hybridized carbons (Fsp3) is 0.533. The van der Waals surface area contributed by atoms with Crippen molar-refractivity contribution < 1.29 is 19.0 Å². The second-order valence-electron chi connectivity index (χ2n) is 4.50. The first-order chi connectivity index (χ1) is 9.60. The molecule has 1 unspecified atom stereocenters. The van der Waals surface area contributed by atoms with Gasteiger partial charge >= 0.3 is 5.97 Å². The number of methoxy groups -OCH3 is 2. The Kier molecular flexibility index (Phi) is 6.87. The minimum atomic E-state index is -0.199. The van der Waals surface area contributed by atoms with Crippen molar-refractivity contribution in [3.8, 4) is 11.5 Å². The van der Waals surface area contributed by atoms with Crippen LogP contribution >= 0.6 is 0 Å². The molecule has 0 fully saturated rings. The van der Waals surface area contributed by atoms with Crippen LogP contribution in [0.15, 0.2) is 18.2 Å². The van der Waals surface area contributed by atoms with Crippen molar-refractivity contribution in [3.05, 3.63) is 23.8 Å². The van der Waals surface area contributed by atoms with Crippen LogP contribution < -0.4 is 15.2 Å². The van der Waals surface area contributed by atoms with Crippen LogP contribution in [0.5, 0.6) is 11.5 Å². The van der Waals surface area contributed by atoms with Crippen molar-refractivity contribution in [3.63, 3.8) is 0 Å². The summed E-state index contributed by atoms with van der Waals surface area (Å²) in [6, 6.07) is 5.62. The zero-order valence-corrected chi connectivity index (χ0v) is 12.3. The van der Waals surface area contributed by atoms with E-state index in [0.717, 1.165) is 5.56 Å². The van der Waals surface area contributed by atoms with Gasteiger partial charge in [0.15, 0.2) is 11.5 Å². The third-order valence-electron chi connectivity index (χ3n) is 2.97. The number of nitrogens with two attached hydrogens (primary N) is 1. The van der Waals surface area contributed by atoms with E-state index in [9.17, 15) is 4.79 Å². The molecule has 0 radical (unpaired) electrons. The second kappa shape index (κ2) is 8.43. The molecule has 1 aromatic carbocycles. The molecule has 1 aromatic rings. The largest absolute Gasteiger partial charge is 0.493 e. The van der Waals surface area contributed by atoms with Crippen LogP contribution in [0.2, 0.25) is 0 Å². The number of carbonyl (C=O) groups is 1. The van der Waals surface area contributed by atoms with Crippen LogP contribution in [0.25, 0.3) is 0 Å². The minimum absolute atomic E-state index is 0.0856. The fourth-order valence-corrected chi connectivity index (χ4v) is 1.95. The molecule has 5 nitrogen and oxygen atoms in total. The summed E-state index contributed by atoms with van der Waals surface area (Å²) in [5, 5.41) is 0. The van der Waals surface area contributed by atoms with Gasteiger partial charge in [-0.3, -0.25) is 4.79 Å². The molecular formula is C15H23NO4. The van der Waals surface area contributed by atoms with Crippen LogP contribution in [0.1, 0.15) is 25.3 Å². The van der Waals surface area contributed by atoms with Crippen LogP contribution in [-0.4, -0.2) is 32.8 Å². The summed E-state index contributed by atoms with van der Waals surface area (Å²) in [5.74, 6) is 1.18. The molecular weight excluding hydrogens is 258 g/mol. The van der Waals surface area contributed by atoms with E-state index in [4.69, 9.17) is 19.9 Å². The maximum Gasteiger partial charge on any atom is 0.305 e. The van der Waals surface area contributed by atoms with Gasteiger partial charge in [0.1, 0.15) is 0 Å². The van der Waals surface area contributed by atoms with Crippen molar-refractivity contribution in [1.82, 2.24) is 0 Å². The number of carbonyl (C=O) groups excluding carboxylic acids is 1. The molecule has 1 atom stereocenters. The molecule has 112 valence electrons. The van der Waals surface area contributed by atoms with Crippen molar-refractivity contribution in [2.45, 2.75) is 32.2 Å². The summed E-state index contributed by atoms with van der Waals surface area (Å²) >= 11 is 0. The maximum absolute atomic E-state index is 11.3. The summed E-state index contributed by atoms with van der Waals surface area (Å²) in [6.07, 6.45) is 1.63. The normalized spacial score (nSPS) is 11.8. The number of benzene rings is 1. The van der Waals surface area contributed by atoms with E-state index in [2.05, 4.69) is 0 Å². The fourth-order valence-electron chi connectivity index (χ4n) is 1.95. The molecule has 1 rings (SSSR count). The number of hydrogen-bond donors (Lipinski definition) is 1. The molecule has 2 N–H and O–H groups in total. The Morgan fingerprint density at radius 3 is 2.55 bits per heavy atom. The SMILES string of the molecule is CCOC(=O)CCC(N)Cc1ccc(OC)c(OC)c1. The Bertz CT molecular complexity index is 434. The van der Waals surface area contributed by atoms with E-state index in [-0.39, 0.29) is 12.0 Å². The predicted octanol–water partition coefficient (Wildman–Crippen LogP) is 1.92. The monoisotopic (exact) mass is 281 g/mol. The highest BCUT2D eigenvalue weighted by Crippen LogP contribution is 2.28. The average Bonchev–Trinajstić information content (AvgIpc) is 2.45. The number of esters is 1. The quantitative estimate of drug-likeness (QED) is 0.737. The highest BCUT2D eigenvalue weighted by Gasteiger charge is 2.10. The van der Waals surface area contributed by atoms with Crippen molar-refractivity contribution in [1.29, 1.82) is 0 Å². The van der Waals surface area contributed by atoms with Gasteiger partial charge in [0.25, 0.3) is 0 Å². The molecule has 0 bridgehead atoms. The third-order valence-corrected chi connectivity index (χ3v) is 2.97. The lowest BCUT2D eigenvalue weighted by atomic mass is 10.0. The number of ether oxygens (including phenoxy) is 3. The van der Waals surface area contributed by atoms with Crippen LogP contribution in [-0.2, 0) is 16.0 Å². The highest BCUT2D eigenvalue weighted by molar-refractivity contribution is 5.69. The van der Waals surface area contributed by atoms with Crippen LogP contribution in [0.4, 0.5) is 0 Å². The molecule has 0 saturated carbocycles. The summed E-state index contributed by atoms with van der Waals surface area (Å²) < 4.78 is 15.3. The summed E-state index contributed by atoms with van der Waals surface area (Å²) in [4.78, 5) is 11.3. The Morgan fingerprint density at radius 2 is 1.95 bits per heavy atom. The average molecular weight is 281 g/mol. The first-order valence-electron chi connectivity index (χ1n) is 6.72. The molecule has 0 saturated heterocycles. The molecule has 5 heteroatoms.